The van der Waals surface area contributed by atoms with Crippen molar-refractivity contribution in [2.45, 2.75) is 32.4 Å². The number of nitrogens with one attached hydrogen (secondary N) is 3. The summed E-state index contributed by atoms with van der Waals surface area (Å²) >= 11 is 0. The highest BCUT2D eigenvalue weighted by Crippen LogP contribution is 2.34. The highest BCUT2D eigenvalue weighted by Gasteiger charge is 2.20. The topological polar surface area (TPSA) is 88.7 Å². The monoisotopic (exact) mass is 367 g/mol. The molecule has 2 atom stereocenters. The Morgan fingerprint density at radius 1 is 1.00 bits per heavy atom. The number of urea groups is 1. The van der Waals surface area contributed by atoms with E-state index in [-0.39, 0.29) is 30.8 Å². The van der Waals surface area contributed by atoms with Crippen LogP contribution in [0, 0.1) is 0 Å². The summed E-state index contributed by atoms with van der Waals surface area (Å²) in [5.74, 6) is 1.41. The maximum absolute atomic E-state index is 12.4. The third-order valence-corrected chi connectivity index (χ3v) is 4.85. The number of hydrogen-bond donors (Lipinski definition) is 3. The van der Waals surface area contributed by atoms with Crippen LogP contribution < -0.4 is 25.4 Å². The quantitative estimate of drug-likeness (QED) is 0.775. The van der Waals surface area contributed by atoms with Gasteiger partial charge in [0, 0.05) is 5.69 Å². The zero-order chi connectivity index (χ0) is 19.0. The van der Waals surface area contributed by atoms with Crippen LogP contribution in [0.15, 0.2) is 36.4 Å². The van der Waals surface area contributed by atoms with Gasteiger partial charge in [-0.2, -0.15) is 0 Å². The largest absolute Gasteiger partial charge is 0.454 e. The van der Waals surface area contributed by atoms with Crippen molar-refractivity contribution >= 4 is 17.6 Å². The maximum atomic E-state index is 12.4. The molecule has 27 heavy (non-hydrogen) atoms. The Balaban J connectivity index is 1.37. The van der Waals surface area contributed by atoms with Gasteiger partial charge in [0.2, 0.25) is 12.7 Å². The molecule has 2 aromatic rings. The van der Waals surface area contributed by atoms with Gasteiger partial charge in [-0.1, -0.05) is 18.2 Å². The zero-order valence-corrected chi connectivity index (χ0v) is 15.2. The van der Waals surface area contributed by atoms with E-state index in [9.17, 15) is 9.59 Å². The van der Waals surface area contributed by atoms with Gasteiger partial charge in [0.15, 0.2) is 11.5 Å². The fraction of sp³-hybridized carbons (Fsp3) is 0.300. The fourth-order valence-electron chi connectivity index (χ4n) is 3.30. The minimum atomic E-state index is -0.262. The van der Waals surface area contributed by atoms with Crippen molar-refractivity contribution in [1.82, 2.24) is 10.6 Å². The Bertz CT molecular complexity index is 912. The average Bonchev–Trinajstić information content (AvgIpc) is 3.24. The summed E-state index contributed by atoms with van der Waals surface area (Å²) < 4.78 is 10.7. The minimum Gasteiger partial charge on any atom is -0.454 e. The molecule has 3 N–H and O–H groups in total. The number of amides is 3. The number of benzene rings is 2. The van der Waals surface area contributed by atoms with Crippen LogP contribution in [0.3, 0.4) is 0 Å². The van der Waals surface area contributed by atoms with Crippen LogP contribution in [0.5, 0.6) is 11.5 Å². The molecule has 0 aromatic heterocycles. The van der Waals surface area contributed by atoms with E-state index in [4.69, 9.17) is 9.47 Å². The predicted octanol–water partition coefficient (Wildman–Crippen LogP) is 3.03. The van der Waals surface area contributed by atoms with Crippen LogP contribution in [-0.2, 0) is 11.2 Å². The molecule has 0 unspecified atom stereocenters. The average molecular weight is 367 g/mol. The molecule has 4 rings (SSSR count). The summed E-state index contributed by atoms with van der Waals surface area (Å²) in [5.41, 5.74) is 3.69. The lowest BCUT2D eigenvalue weighted by molar-refractivity contribution is -0.115. The first-order valence-electron chi connectivity index (χ1n) is 8.89. The molecule has 0 saturated carbocycles. The number of carbonyl (C=O) groups excluding carboxylic acids is 2. The molecule has 2 aromatic carbocycles. The van der Waals surface area contributed by atoms with Crippen molar-refractivity contribution in [2.75, 3.05) is 12.1 Å². The van der Waals surface area contributed by atoms with Gasteiger partial charge in [-0.05, 0) is 48.7 Å². The molecule has 0 aliphatic carbocycles. The molecule has 140 valence electrons. The highest BCUT2D eigenvalue weighted by atomic mass is 16.7. The molecule has 7 nitrogen and oxygen atoms in total. The molecule has 7 heteroatoms. The zero-order valence-electron chi connectivity index (χ0n) is 15.2. The Kier molecular flexibility index (Phi) is 4.35. The molecule has 0 spiro atoms. The summed E-state index contributed by atoms with van der Waals surface area (Å²) in [6.07, 6.45) is 0.378. The first-order chi connectivity index (χ1) is 13.0. The molecule has 0 saturated heterocycles. The minimum absolute atomic E-state index is 0.00180. The smallest absolute Gasteiger partial charge is 0.315 e. The second-order valence-electron chi connectivity index (χ2n) is 6.82. The van der Waals surface area contributed by atoms with Crippen LogP contribution in [-0.4, -0.2) is 18.7 Å². The van der Waals surface area contributed by atoms with Gasteiger partial charge in [-0.3, -0.25) is 4.79 Å². The Morgan fingerprint density at radius 3 is 2.44 bits per heavy atom. The lowest BCUT2D eigenvalue weighted by Crippen LogP contribution is -2.38. The first-order valence-corrected chi connectivity index (χ1v) is 8.89. The molecular formula is C20H21N3O4. The van der Waals surface area contributed by atoms with E-state index in [1.54, 1.807) is 0 Å². The number of anilines is 1. The SMILES string of the molecule is C[C@H](NC(=O)N[C@@H](C)c1ccc2c(c1)OCO2)c1ccc2c(c1)CC(=O)N2. The van der Waals surface area contributed by atoms with Crippen LogP contribution in [0.4, 0.5) is 10.5 Å². The third kappa shape index (κ3) is 3.53. The lowest BCUT2D eigenvalue weighted by atomic mass is 10.0. The number of ether oxygens (including phenoxy) is 2. The molecular weight excluding hydrogens is 346 g/mol. The van der Waals surface area contributed by atoms with Crippen LogP contribution in [0.25, 0.3) is 0 Å². The third-order valence-electron chi connectivity index (χ3n) is 4.85. The Labute approximate surface area is 157 Å². The van der Waals surface area contributed by atoms with Crippen molar-refractivity contribution in [3.63, 3.8) is 0 Å². The number of rotatable bonds is 4. The van der Waals surface area contributed by atoms with E-state index >= 15 is 0 Å². The van der Waals surface area contributed by atoms with E-state index in [0.29, 0.717) is 17.9 Å². The summed E-state index contributed by atoms with van der Waals surface area (Å²) in [5, 5.41) is 8.68. The van der Waals surface area contributed by atoms with Gasteiger partial charge < -0.3 is 25.4 Å². The van der Waals surface area contributed by atoms with E-state index in [1.165, 1.54) is 0 Å². The van der Waals surface area contributed by atoms with Crippen molar-refractivity contribution in [3.8, 4) is 11.5 Å². The van der Waals surface area contributed by atoms with Gasteiger partial charge in [0.05, 0.1) is 18.5 Å². The maximum Gasteiger partial charge on any atom is 0.315 e. The number of hydrogen-bond acceptors (Lipinski definition) is 4. The second kappa shape index (κ2) is 6.83. The van der Waals surface area contributed by atoms with Gasteiger partial charge in [-0.15, -0.1) is 0 Å². The van der Waals surface area contributed by atoms with E-state index < -0.39 is 0 Å². The summed E-state index contributed by atoms with van der Waals surface area (Å²) in [4.78, 5) is 23.9. The summed E-state index contributed by atoms with van der Waals surface area (Å²) in [6, 6.07) is 10.7. The van der Waals surface area contributed by atoms with Gasteiger partial charge >= 0.3 is 6.03 Å². The van der Waals surface area contributed by atoms with Crippen molar-refractivity contribution in [3.05, 3.63) is 53.1 Å². The molecule has 0 fully saturated rings. The van der Waals surface area contributed by atoms with Crippen LogP contribution in [0.2, 0.25) is 0 Å². The summed E-state index contributed by atoms with van der Waals surface area (Å²) in [6.45, 7) is 4.05. The van der Waals surface area contributed by atoms with E-state index in [2.05, 4.69) is 16.0 Å². The Morgan fingerprint density at radius 2 is 1.67 bits per heavy atom. The molecule has 2 aliphatic rings. The fourth-order valence-corrected chi connectivity index (χ4v) is 3.30. The van der Waals surface area contributed by atoms with Gasteiger partial charge in [0.25, 0.3) is 0 Å². The van der Waals surface area contributed by atoms with Crippen LogP contribution >= 0.6 is 0 Å². The second-order valence-corrected chi connectivity index (χ2v) is 6.82. The molecule has 2 aliphatic heterocycles. The molecule has 0 radical (unpaired) electrons. The predicted molar refractivity (Wildman–Crippen MR) is 99.8 cm³/mol. The summed E-state index contributed by atoms with van der Waals surface area (Å²) in [7, 11) is 0. The molecule has 3 amide bonds. The van der Waals surface area contributed by atoms with Crippen LogP contribution in [0.1, 0.15) is 42.6 Å². The van der Waals surface area contributed by atoms with Crippen molar-refractivity contribution in [1.29, 1.82) is 0 Å². The number of carbonyl (C=O) groups is 2. The van der Waals surface area contributed by atoms with Crippen molar-refractivity contribution < 1.29 is 19.1 Å². The van der Waals surface area contributed by atoms with Gasteiger partial charge in [-0.25, -0.2) is 4.79 Å². The van der Waals surface area contributed by atoms with Gasteiger partial charge in [0.1, 0.15) is 0 Å². The lowest BCUT2D eigenvalue weighted by Gasteiger charge is -2.19. The Hall–Kier alpha value is -3.22. The standard InChI is InChI=1S/C20H21N3O4/c1-11(13-3-5-16-15(7-13)9-19(24)23-16)21-20(25)22-12(2)14-4-6-17-18(8-14)27-10-26-17/h3-8,11-12H,9-10H2,1-2H3,(H,23,24)(H2,21,22,25)/t11-,12-/m0/s1. The highest BCUT2D eigenvalue weighted by molar-refractivity contribution is 5.99. The first kappa shape index (κ1) is 17.2. The van der Waals surface area contributed by atoms with E-state index in [1.807, 2.05) is 50.2 Å². The van der Waals surface area contributed by atoms with Crippen molar-refractivity contribution in [2.24, 2.45) is 0 Å². The number of fused-ring (bicyclic) bond motifs is 2. The van der Waals surface area contributed by atoms with E-state index in [0.717, 1.165) is 22.4 Å². The molecule has 0 bridgehead atoms. The normalized spacial score (nSPS) is 16.3. The molecule has 2 heterocycles.